The monoisotopic (exact) mass is 1110 g/mol. The van der Waals surface area contributed by atoms with Crippen LogP contribution in [0.15, 0.2) is 158 Å². The van der Waals surface area contributed by atoms with Gasteiger partial charge in [0, 0.05) is 47.3 Å². The molecule has 6 aromatic rings. The van der Waals surface area contributed by atoms with E-state index in [0.717, 1.165) is 52.2 Å². The van der Waals surface area contributed by atoms with Crippen molar-refractivity contribution in [3.63, 3.8) is 0 Å². The van der Waals surface area contributed by atoms with Crippen LogP contribution in [0.2, 0.25) is 18.6 Å². The fourth-order valence-corrected chi connectivity index (χ4v) is 18.7. The number of aliphatic hydroxyl groups excluding tert-OH is 1. The van der Waals surface area contributed by atoms with Gasteiger partial charge in [-0.3, -0.25) is 29.0 Å². The van der Waals surface area contributed by atoms with Gasteiger partial charge in [0.05, 0.1) is 59.9 Å². The Bertz CT molecular complexity index is 3270. The first-order chi connectivity index (χ1) is 39.3. The van der Waals surface area contributed by atoms with Crippen LogP contribution >= 0.6 is 0 Å². The second-order valence-corrected chi connectivity index (χ2v) is 28.2. The number of para-hydroxylation sites is 2. The molecule has 0 bridgehead atoms. The van der Waals surface area contributed by atoms with E-state index in [-0.39, 0.29) is 55.3 Å². The number of carbonyl (C=O) groups excluding carboxylic acids is 4. The summed E-state index contributed by atoms with van der Waals surface area (Å²) in [7, 11) is -1.07. The number of nitrogens with one attached hydrogen (secondary N) is 2. The van der Waals surface area contributed by atoms with Crippen LogP contribution in [0, 0.1) is 5.92 Å². The molecule has 0 radical (unpaired) electrons. The number of nitrogens with zero attached hydrogens (tertiary/aromatic N) is 6. The molecule has 6 aliphatic rings. The topological polar surface area (TPSA) is 150 Å². The van der Waals surface area contributed by atoms with Crippen LogP contribution in [0.3, 0.4) is 0 Å². The lowest BCUT2D eigenvalue weighted by atomic mass is 9.82. The number of carbonyl (C=O) groups is 4. The van der Waals surface area contributed by atoms with Crippen LogP contribution in [0.1, 0.15) is 55.7 Å². The van der Waals surface area contributed by atoms with Gasteiger partial charge >= 0.3 is 0 Å². The van der Waals surface area contributed by atoms with Crippen molar-refractivity contribution >= 4 is 65.3 Å². The number of methoxy groups -OCH3 is 1. The molecule has 420 valence electrons. The van der Waals surface area contributed by atoms with Crippen LogP contribution in [-0.2, 0) is 42.6 Å². The Morgan fingerprint density at radius 3 is 1.74 bits per heavy atom. The molecule has 0 unspecified atom stereocenters. The number of anilines is 5. The predicted octanol–water partition coefficient (Wildman–Crippen LogP) is 7.74. The van der Waals surface area contributed by atoms with Gasteiger partial charge in [-0.05, 0) is 135 Å². The van der Waals surface area contributed by atoms with E-state index in [2.05, 4.69) is 76.8 Å². The zero-order chi connectivity index (χ0) is 56.1. The minimum Gasteiger partial charge on any atom is -0.497 e. The number of piperidine rings is 2. The fraction of sp³-hybridized carbons (Fsp3) is 0.385. The number of benzene rings is 6. The number of amides is 4. The highest BCUT2D eigenvalue weighted by atomic mass is 28.3. The molecule has 0 aromatic heterocycles. The largest absolute Gasteiger partial charge is 0.497 e. The number of fused-ring (bicyclic) bond motifs is 2. The second-order valence-electron chi connectivity index (χ2n) is 23.5. The maximum Gasteiger partial charge on any atom is 0.264 e. The Kier molecular flexibility index (Phi) is 14.6. The molecule has 15 nitrogen and oxygen atoms in total. The Morgan fingerprint density at radius 2 is 1.20 bits per heavy atom. The lowest BCUT2D eigenvalue weighted by Gasteiger charge is -2.39. The van der Waals surface area contributed by atoms with E-state index in [1.54, 1.807) is 12.0 Å². The van der Waals surface area contributed by atoms with Gasteiger partial charge in [-0.2, -0.15) is 0 Å². The molecule has 0 aliphatic carbocycles. The van der Waals surface area contributed by atoms with Gasteiger partial charge in [-0.1, -0.05) is 116 Å². The molecular formula is C65H74N8O7Si. The molecule has 3 N–H and O–H groups in total. The number of hydrogen-bond acceptors (Lipinski definition) is 11. The zero-order valence-electron chi connectivity index (χ0n) is 46.9. The normalized spacial score (nSPS) is 23.1. The Morgan fingerprint density at radius 1 is 0.667 bits per heavy atom. The molecule has 5 fully saturated rings. The van der Waals surface area contributed by atoms with Crippen molar-refractivity contribution in [1.29, 1.82) is 0 Å². The first-order valence-electron chi connectivity index (χ1n) is 28.8. The van der Waals surface area contributed by atoms with E-state index in [9.17, 15) is 14.7 Å². The average Bonchev–Trinajstić information content (AvgIpc) is 4.16. The summed E-state index contributed by atoms with van der Waals surface area (Å²) in [4.78, 5) is 73.1. The van der Waals surface area contributed by atoms with Crippen LogP contribution in [0.5, 0.6) is 5.75 Å². The zero-order valence-corrected chi connectivity index (χ0v) is 47.9. The van der Waals surface area contributed by atoms with E-state index in [4.69, 9.17) is 9.47 Å². The van der Waals surface area contributed by atoms with Gasteiger partial charge < -0.3 is 44.8 Å². The maximum atomic E-state index is 16.4. The molecule has 16 heteroatoms. The third kappa shape index (κ3) is 9.28. The minimum absolute atomic E-state index is 0.0120. The van der Waals surface area contributed by atoms with E-state index < -0.39 is 36.8 Å². The van der Waals surface area contributed by atoms with Crippen LogP contribution < -0.4 is 45.1 Å². The lowest BCUT2D eigenvalue weighted by Crippen LogP contribution is -2.55. The summed E-state index contributed by atoms with van der Waals surface area (Å²) in [6, 6.07) is 52.3. The van der Waals surface area contributed by atoms with Crippen molar-refractivity contribution < 1.29 is 33.8 Å². The van der Waals surface area contributed by atoms with Crippen molar-refractivity contribution in [1.82, 2.24) is 15.5 Å². The molecule has 0 saturated carbocycles. The highest BCUT2D eigenvalue weighted by Crippen LogP contribution is 2.61. The standard InChI is InChI=1S/C65H74N8O7Si/c1-46-59(81(3,4)54-27-25-53(79-2)26-28-54)57(41-58(75)68(38-39-74)42-47-14-8-5-9-15-47)80-65(46)55-40-52(71-45-73(51-18-12-7-13-19-51)64(61(71)77)32-36-67-37-33-64)24-29-56(55)69(62(65)78)43-48-20-22-49(23-21-48)70-44-72(50-16-10-6-11-17-50)63(60(70)76)30-34-66-35-31-63/h5-29,40,46,57,59,66-67,74H,30-39,41-45H2,1-4H3/t46-,57+,59-,65+/m0/s1. The molecule has 5 saturated heterocycles. The molecular weight excluding hydrogens is 1030 g/mol. The van der Waals surface area contributed by atoms with Crippen molar-refractivity contribution in [2.24, 2.45) is 5.92 Å². The molecule has 6 aliphatic heterocycles. The third-order valence-corrected chi connectivity index (χ3v) is 23.3. The minimum atomic E-state index is -2.72. The van der Waals surface area contributed by atoms with Crippen molar-refractivity contribution in [3.8, 4) is 5.75 Å². The third-order valence-electron chi connectivity index (χ3n) is 18.9. The number of aliphatic hydroxyl groups is 1. The Labute approximate surface area is 476 Å². The highest BCUT2D eigenvalue weighted by molar-refractivity contribution is 6.91. The summed E-state index contributed by atoms with van der Waals surface area (Å²) in [5, 5.41) is 18.4. The lowest BCUT2D eigenvalue weighted by molar-refractivity contribution is -0.150. The van der Waals surface area contributed by atoms with Gasteiger partial charge in [0.15, 0.2) is 5.60 Å². The first-order valence-corrected chi connectivity index (χ1v) is 31.9. The molecule has 81 heavy (non-hydrogen) atoms. The van der Waals surface area contributed by atoms with E-state index in [1.807, 2.05) is 136 Å². The number of rotatable bonds is 15. The molecule has 4 atom stereocenters. The summed E-state index contributed by atoms with van der Waals surface area (Å²) < 4.78 is 13.2. The molecule has 6 aromatic carbocycles. The van der Waals surface area contributed by atoms with Crippen molar-refractivity contribution in [3.05, 3.63) is 174 Å². The molecule has 4 amide bonds. The van der Waals surface area contributed by atoms with E-state index in [0.29, 0.717) is 75.6 Å². The van der Waals surface area contributed by atoms with Crippen LogP contribution in [0.4, 0.5) is 28.4 Å². The SMILES string of the molecule is COc1ccc([Si](C)(C)[C@@H]2[C@@H](CC(=O)N(CCO)Cc3ccccc3)O[C@]3(C(=O)N(Cc4ccc(N5CN(c6ccccc6)C6(CCNCC6)C5=O)cc4)c4ccc(N5CN(c6ccccc6)C6(CCNCC6)C5=O)cc43)[C@H]2C)cc1. The quantitative estimate of drug-likeness (QED) is 0.0868. The summed E-state index contributed by atoms with van der Waals surface area (Å²) in [5.74, 6) is 0.00170. The maximum absolute atomic E-state index is 16.4. The fourth-order valence-electron chi connectivity index (χ4n) is 14.6. The van der Waals surface area contributed by atoms with Crippen molar-refractivity contribution in [2.75, 3.05) is 84.3 Å². The summed E-state index contributed by atoms with van der Waals surface area (Å²) in [6.07, 6.45) is 1.98. The molecule has 3 spiro atoms. The van der Waals surface area contributed by atoms with Gasteiger partial charge in [-0.15, -0.1) is 0 Å². The smallest absolute Gasteiger partial charge is 0.264 e. The summed E-state index contributed by atoms with van der Waals surface area (Å²) in [5.41, 5.74) is 3.40. The first kappa shape index (κ1) is 54.3. The highest BCUT2D eigenvalue weighted by Gasteiger charge is 2.67. The van der Waals surface area contributed by atoms with E-state index in [1.165, 1.54) is 0 Å². The van der Waals surface area contributed by atoms with Gasteiger partial charge in [0.1, 0.15) is 16.8 Å². The number of ether oxygens (including phenoxy) is 2. The van der Waals surface area contributed by atoms with Crippen LogP contribution in [0.25, 0.3) is 0 Å². The molecule has 12 rings (SSSR count). The van der Waals surface area contributed by atoms with Crippen LogP contribution in [-0.4, -0.2) is 119 Å². The van der Waals surface area contributed by atoms with Crippen molar-refractivity contribution in [2.45, 2.75) is 93.5 Å². The summed E-state index contributed by atoms with van der Waals surface area (Å²) >= 11 is 0. The van der Waals surface area contributed by atoms with Gasteiger partial charge in [0.2, 0.25) is 5.91 Å². The summed E-state index contributed by atoms with van der Waals surface area (Å²) in [6.45, 7) is 10.9. The number of hydrogen-bond donors (Lipinski definition) is 3. The Hall–Kier alpha value is -7.34. The van der Waals surface area contributed by atoms with Gasteiger partial charge in [0.25, 0.3) is 17.7 Å². The predicted molar refractivity (Wildman–Crippen MR) is 319 cm³/mol. The Balaban J connectivity index is 0.938. The van der Waals surface area contributed by atoms with E-state index >= 15 is 9.59 Å². The molecule has 6 heterocycles. The van der Waals surface area contributed by atoms with Gasteiger partial charge in [-0.25, -0.2) is 0 Å². The second kappa shape index (κ2) is 21.9. The average molecular weight is 1110 g/mol.